The normalized spacial score (nSPS) is 11.7. The lowest BCUT2D eigenvalue weighted by molar-refractivity contribution is 0.557. The van der Waals surface area contributed by atoms with Crippen LogP contribution in [0.15, 0.2) is 12.7 Å². The van der Waals surface area contributed by atoms with Gasteiger partial charge in [0, 0.05) is 0 Å². The van der Waals surface area contributed by atoms with E-state index in [9.17, 15) is 0 Å². The number of halogens is 2. The summed E-state index contributed by atoms with van der Waals surface area (Å²) >= 11 is 12.1. The van der Waals surface area contributed by atoms with E-state index in [-0.39, 0.29) is 0 Å². The fourth-order valence-electron chi connectivity index (χ4n) is 2.14. The first-order valence-electron chi connectivity index (χ1n) is 7.55. The Labute approximate surface area is 125 Å². The molecule has 0 saturated heterocycles. The summed E-state index contributed by atoms with van der Waals surface area (Å²) in [5.74, 6) is 0. The Hall–Kier alpha value is 0.537. The maximum Gasteiger partial charge on any atom is 0.248 e. The number of hydrogen-bond donors (Lipinski definition) is 0. The van der Waals surface area contributed by atoms with Gasteiger partial charge in [0.15, 0.2) is 0 Å². The van der Waals surface area contributed by atoms with E-state index >= 15 is 0 Å². The summed E-state index contributed by atoms with van der Waals surface area (Å²) in [4.78, 5) is 0. The van der Waals surface area contributed by atoms with Gasteiger partial charge in [-0.05, 0) is 25.4 Å². The predicted octanol–water partition coefficient (Wildman–Crippen LogP) is 7.01. The van der Waals surface area contributed by atoms with Gasteiger partial charge in [-0.3, -0.25) is 0 Å². The minimum Gasteiger partial charge on any atom is -0.146 e. The van der Waals surface area contributed by atoms with Crippen LogP contribution < -0.4 is 0 Å². The average molecular weight is 309 g/mol. The van der Waals surface area contributed by atoms with Gasteiger partial charge in [-0.25, -0.2) is 0 Å². The topological polar surface area (TPSA) is 0 Å². The van der Waals surface area contributed by atoms with Crippen LogP contribution in [0.2, 0.25) is 12.6 Å². The standard InChI is InChI=1S/C15H30Cl2Si/c1-3-4-5-6-7-8-9-10-11-12-13-14-15-18(2,16)17/h3H,1,4-15H2,2H3. The molecule has 0 bridgehead atoms. The van der Waals surface area contributed by atoms with Crippen LogP contribution in [-0.2, 0) is 0 Å². The monoisotopic (exact) mass is 308 g/mol. The molecule has 0 aliphatic carbocycles. The number of hydrogen-bond acceptors (Lipinski definition) is 0. The summed E-state index contributed by atoms with van der Waals surface area (Å²) in [6, 6.07) is 1.05. The quantitative estimate of drug-likeness (QED) is 0.148. The Morgan fingerprint density at radius 3 is 1.56 bits per heavy atom. The molecule has 0 heterocycles. The van der Waals surface area contributed by atoms with E-state index in [1.54, 1.807) is 0 Å². The van der Waals surface area contributed by atoms with Crippen LogP contribution in [-0.4, -0.2) is 6.69 Å². The van der Waals surface area contributed by atoms with E-state index in [1.165, 1.54) is 70.6 Å². The fourth-order valence-corrected chi connectivity index (χ4v) is 3.81. The third-order valence-corrected chi connectivity index (χ3v) is 5.64. The van der Waals surface area contributed by atoms with Crippen LogP contribution in [0.5, 0.6) is 0 Å². The largest absolute Gasteiger partial charge is 0.248 e. The van der Waals surface area contributed by atoms with Gasteiger partial charge in [-0.15, -0.1) is 28.7 Å². The number of rotatable bonds is 13. The van der Waals surface area contributed by atoms with Crippen molar-refractivity contribution in [1.82, 2.24) is 0 Å². The Kier molecular flexibility index (Phi) is 12.9. The van der Waals surface area contributed by atoms with E-state index in [1.807, 2.05) is 12.6 Å². The van der Waals surface area contributed by atoms with Crippen molar-refractivity contribution in [3.63, 3.8) is 0 Å². The van der Waals surface area contributed by atoms with Gasteiger partial charge < -0.3 is 0 Å². The highest BCUT2D eigenvalue weighted by Crippen LogP contribution is 2.23. The number of allylic oxidation sites excluding steroid dienone is 1. The lowest BCUT2D eigenvalue weighted by Gasteiger charge is -2.09. The molecule has 3 heteroatoms. The summed E-state index contributed by atoms with van der Waals surface area (Å²) in [7, 11) is 0. The first kappa shape index (κ1) is 18.5. The molecular formula is C15H30Cl2Si. The molecule has 0 N–H and O–H groups in total. The van der Waals surface area contributed by atoms with Crippen molar-refractivity contribution < 1.29 is 0 Å². The summed E-state index contributed by atoms with van der Waals surface area (Å²) in [5, 5.41) is 0. The van der Waals surface area contributed by atoms with Crippen LogP contribution in [0.25, 0.3) is 0 Å². The highest BCUT2D eigenvalue weighted by molar-refractivity contribution is 7.44. The van der Waals surface area contributed by atoms with E-state index in [0.717, 1.165) is 6.04 Å². The van der Waals surface area contributed by atoms with Crippen LogP contribution in [0, 0.1) is 0 Å². The summed E-state index contributed by atoms with van der Waals surface area (Å²) < 4.78 is 0. The second-order valence-corrected chi connectivity index (χ2v) is 13.7. The second-order valence-electron chi connectivity index (χ2n) is 5.43. The van der Waals surface area contributed by atoms with Gasteiger partial charge in [0.05, 0.1) is 0 Å². The first-order chi connectivity index (χ1) is 8.56. The number of unbranched alkanes of at least 4 members (excludes halogenated alkanes) is 10. The van der Waals surface area contributed by atoms with Crippen LogP contribution in [0.1, 0.15) is 70.6 Å². The van der Waals surface area contributed by atoms with Crippen molar-refractivity contribution in [2.45, 2.75) is 83.2 Å². The Bertz CT molecular complexity index is 187. The molecule has 0 atom stereocenters. The average Bonchev–Trinajstić information content (AvgIpc) is 2.29. The van der Waals surface area contributed by atoms with E-state index in [4.69, 9.17) is 22.2 Å². The minimum atomic E-state index is -1.82. The van der Waals surface area contributed by atoms with Crippen molar-refractivity contribution >= 4 is 28.9 Å². The third kappa shape index (κ3) is 16.5. The molecular weight excluding hydrogens is 279 g/mol. The molecule has 0 amide bonds. The summed E-state index contributed by atoms with van der Waals surface area (Å²) in [5.41, 5.74) is 0. The smallest absolute Gasteiger partial charge is 0.146 e. The third-order valence-electron chi connectivity index (χ3n) is 3.27. The van der Waals surface area contributed by atoms with E-state index < -0.39 is 6.69 Å². The molecule has 0 spiro atoms. The highest BCUT2D eigenvalue weighted by Gasteiger charge is 2.19. The predicted molar refractivity (Wildman–Crippen MR) is 89.1 cm³/mol. The van der Waals surface area contributed by atoms with Crippen LogP contribution in [0.4, 0.5) is 0 Å². The lowest BCUT2D eigenvalue weighted by atomic mass is 10.1. The van der Waals surface area contributed by atoms with Gasteiger partial charge in [-0.1, -0.05) is 63.9 Å². The lowest BCUT2D eigenvalue weighted by Crippen LogP contribution is -2.11. The van der Waals surface area contributed by atoms with E-state index in [2.05, 4.69) is 6.58 Å². The van der Waals surface area contributed by atoms with Crippen LogP contribution >= 0.6 is 22.2 Å². The molecule has 0 nitrogen and oxygen atoms in total. The van der Waals surface area contributed by atoms with E-state index in [0.29, 0.717) is 0 Å². The van der Waals surface area contributed by atoms with Crippen molar-refractivity contribution in [2.75, 3.05) is 0 Å². The molecule has 0 saturated carbocycles. The molecule has 0 rings (SSSR count). The zero-order chi connectivity index (χ0) is 13.7. The summed E-state index contributed by atoms with van der Waals surface area (Å²) in [6.07, 6.45) is 16.8. The van der Waals surface area contributed by atoms with Gasteiger partial charge in [0.1, 0.15) is 0 Å². The Morgan fingerprint density at radius 2 is 1.17 bits per heavy atom. The maximum absolute atomic E-state index is 6.06. The molecule has 0 aliphatic heterocycles. The molecule has 108 valence electrons. The van der Waals surface area contributed by atoms with Gasteiger partial charge in [0.25, 0.3) is 0 Å². The molecule has 0 aromatic heterocycles. The molecule has 0 fully saturated rings. The van der Waals surface area contributed by atoms with Gasteiger partial charge >= 0.3 is 0 Å². The zero-order valence-corrected chi connectivity index (χ0v) is 14.5. The molecule has 0 aromatic rings. The first-order valence-corrected chi connectivity index (χ1v) is 12.3. The molecule has 0 unspecified atom stereocenters. The summed E-state index contributed by atoms with van der Waals surface area (Å²) in [6.45, 7) is 3.94. The molecule has 0 aromatic carbocycles. The Balaban J connectivity index is 3.01. The molecule has 0 aliphatic rings. The minimum absolute atomic E-state index is 1.05. The molecule has 0 radical (unpaired) electrons. The van der Waals surface area contributed by atoms with Gasteiger partial charge in [0.2, 0.25) is 6.69 Å². The van der Waals surface area contributed by atoms with Gasteiger partial charge in [-0.2, -0.15) is 0 Å². The van der Waals surface area contributed by atoms with Crippen LogP contribution in [0.3, 0.4) is 0 Å². The van der Waals surface area contributed by atoms with Crippen molar-refractivity contribution in [3.8, 4) is 0 Å². The molecule has 18 heavy (non-hydrogen) atoms. The highest BCUT2D eigenvalue weighted by atomic mass is 35.7. The van der Waals surface area contributed by atoms with Crippen molar-refractivity contribution in [1.29, 1.82) is 0 Å². The zero-order valence-electron chi connectivity index (χ0n) is 12.0. The fraction of sp³-hybridized carbons (Fsp3) is 0.867. The van der Waals surface area contributed by atoms with Crippen molar-refractivity contribution in [3.05, 3.63) is 12.7 Å². The maximum atomic E-state index is 6.06. The Morgan fingerprint density at radius 1 is 0.778 bits per heavy atom. The SMILES string of the molecule is C=CCCCCCCCCCCCC[Si](C)(Cl)Cl. The second kappa shape index (κ2) is 12.6. The van der Waals surface area contributed by atoms with Crippen molar-refractivity contribution in [2.24, 2.45) is 0 Å².